The lowest BCUT2D eigenvalue weighted by Crippen LogP contribution is -2.32. The van der Waals surface area contributed by atoms with Crippen LogP contribution in [0.1, 0.15) is 41.3 Å². The summed E-state index contributed by atoms with van der Waals surface area (Å²) in [5.74, 6) is 0. The molecule has 1 aliphatic rings. The summed E-state index contributed by atoms with van der Waals surface area (Å²) >= 11 is 1.53. The minimum absolute atomic E-state index is 0.0346. The topological polar surface area (TPSA) is 105 Å². The highest BCUT2D eigenvalue weighted by atomic mass is 32.2. The van der Waals surface area contributed by atoms with Crippen molar-refractivity contribution in [2.45, 2.75) is 51.0 Å². The predicted molar refractivity (Wildman–Crippen MR) is 109 cm³/mol. The van der Waals surface area contributed by atoms with Gasteiger partial charge in [-0.05, 0) is 38.8 Å². The molecule has 1 aromatic heterocycles. The van der Waals surface area contributed by atoms with Gasteiger partial charge in [-0.3, -0.25) is 10.1 Å². The van der Waals surface area contributed by atoms with Crippen LogP contribution in [-0.4, -0.2) is 35.7 Å². The number of nitro benzene ring substituents is 1. The molecule has 2 heterocycles. The molecule has 0 spiro atoms. The third kappa shape index (κ3) is 4.50. The van der Waals surface area contributed by atoms with Gasteiger partial charge in [-0.25, -0.2) is 13.4 Å². The normalized spacial score (nSPS) is 15.9. The summed E-state index contributed by atoms with van der Waals surface area (Å²) in [6.45, 7) is 5.15. The van der Waals surface area contributed by atoms with Crippen LogP contribution in [0.3, 0.4) is 0 Å². The minimum atomic E-state index is -3.74. The van der Waals surface area contributed by atoms with Gasteiger partial charge in [0.05, 0.1) is 22.1 Å². The fraction of sp³-hybridized carbons (Fsp3) is 0.500. The Balaban J connectivity index is 1.84. The number of hydrogen-bond donors (Lipinski definition) is 1. The van der Waals surface area contributed by atoms with Gasteiger partial charge in [-0.1, -0.05) is 12.8 Å². The highest BCUT2D eigenvalue weighted by molar-refractivity contribution is 7.89. The summed E-state index contributed by atoms with van der Waals surface area (Å²) in [6, 6.07) is 4.06. The first-order valence-electron chi connectivity index (χ1n) is 9.24. The third-order valence-electron chi connectivity index (χ3n) is 4.87. The Labute approximate surface area is 168 Å². The molecule has 0 bridgehead atoms. The molecule has 1 aromatic carbocycles. The van der Waals surface area contributed by atoms with Gasteiger partial charge in [0.15, 0.2) is 0 Å². The second-order valence-electron chi connectivity index (χ2n) is 6.86. The maximum atomic E-state index is 12.9. The second kappa shape index (κ2) is 8.54. The molecule has 8 nitrogen and oxygen atoms in total. The molecule has 0 amide bonds. The van der Waals surface area contributed by atoms with Gasteiger partial charge in [0.25, 0.3) is 5.69 Å². The molecule has 0 unspecified atom stereocenters. The zero-order chi connectivity index (χ0) is 20.3. The lowest BCUT2D eigenvalue weighted by Gasteiger charge is -2.20. The van der Waals surface area contributed by atoms with Crippen LogP contribution in [0.25, 0.3) is 0 Å². The van der Waals surface area contributed by atoms with Crippen molar-refractivity contribution in [3.63, 3.8) is 0 Å². The summed E-state index contributed by atoms with van der Waals surface area (Å²) in [7, 11) is -3.74. The Morgan fingerprint density at radius 3 is 2.46 bits per heavy atom. The molecule has 1 N–H and O–H groups in total. The van der Waals surface area contributed by atoms with E-state index in [9.17, 15) is 18.5 Å². The minimum Gasteiger partial charge on any atom is -0.373 e. The molecule has 0 radical (unpaired) electrons. The van der Waals surface area contributed by atoms with E-state index >= 15 is 0 Å². The van der Waals surface area contributed by atoms with Crippen LogP contribution in [0.15, 0.2) is 23.1 Å². The van der Waals surface area contributed by atoms with Gasteiger partial charge in [-0.2, -0.15) is 4.31 Å². The number of rotatable bonds is 6. The van der Waals surface area contributed by atoms with Gasteiger partial charge in [0.2, 0.25) is 10.0 Å². The molecule has 1 fully saturated rings. The average molecular weight is 425 g/mol. The zero-order valence-electron chi connectivity index (χ0n) is 16.0. The monoisotopic (exact) mass is 424 g/mol. The van der Waals surface area contributed by atoms with Gasteiger partial charge < -0.3 is 5.32 Å². The molecule has 152 valence electrons. The highest BCUT2D eigenvalue weighted by Gasteiger charge is 2.28. The van der Waals surface area contributed by atoms with E-state index in [2.05, 4.69) is 10.3 Å². The van der Waals surface area contributed by atoms with Crippen molar-refractivity contribution in [3.05, 3.63) is 43.9 Å². The van der Waals surface area contributed by atoms with Crippen LogP contribution in [-0.2, 0) is 16.6 Å². The summed E-state index contributed by atoms with van der Waals surface area (Å²) < 4.78 is 27.3. The Kier molecular flexibility index (Phi) is 6.31. The Morgan fingerprint density at radius 1 is 1.21 bits per heavy atom. The number of nitro groups is 1. The summed E-state index contributed by atoms with van der Waals surface area (Å²) in [5.41, 5.74) is 0.974. The number of sulfonamides is 1. The number of hydrogen-bond acceptors (Lipinski definition) is 7. The second-order valence-corrected chi connectivity index (χ2v) is 10.1. The third-order valence-corrected chi connectivity index (χ3v) is 7.84. The standard InChI is InChI=1S/C18H24N4O4S2/c1-13-14(2)27-18(20-13)12-19-16-8-7-15(11-17(16)22(23)24)28(25,26)21-9-5-3-4-6-10-21/h7-8,11,19H,3-6,9-10,12H2,1-2H3. The average Bonchev–Trinajstić information content (AvgIpc) is 2.86. The number of benzene rings is 1. The fourth-order valence-electron chi connectivity index (χ4n) is 3.19. The molecule has 1 saturated heterocycles. The van der Waals surface area contributed by atoms with Crippen molar-refractivity contribution >= 4 is 32.7 Å². The predicted octanol–water partition coefficient (Wildman–Crippen LogP) is 3.84. The molecule has 10 heteroatoms. The van der Waals surface area contributed by atoms with E-state index in [0.29, 0.717) is 19.6 Å². The van der Waals surface area contributed by atoms with Crippen molar-refractivity contribution in [3.8, 4) is 0 Å². The van der Waals surface area contributed by atoms with E-state index in [1.165, 1.54) is 27.8 Å². The van der Waals surface area contributed by atoms with Gasteiger partial charge >= 0.3 is 0 Å². The van der Waals surface area contributed by atoms with Crippen molar-refractivity contribution < 1.29 is 13.3 Å². The Hall–Kier alpha value is -2.04. The lowest BCUT2D eigenvalue weighted by atomic mass is 10.2. The van der Waals surface area contributed by atoms with Crippen LogP contribution in [0.5, 0.6) is 0 Å². The molecule has 0 atom stereocenters. The smallest absolute Gasteiger partial charge is 0.293 e. The molecule has 1 aliphatic heterocycles. The first-order valence-corrected chi connectivity index (χ1v) is 11.5. The molecular weight excluding hydrogens is 400 g/mol. The number of thiazole rings is 1. The number of anilines is 1. The maximum Gasteiger partial charge on any atom is 0.293 e. The van der Waals surface area contributed by atoms with Crippen molar-refractivity contribution in [1.82, 2.24) is 9.29 Å². The molecule has 0 saturated carbocycles. The first-order chi connectivity index (χ1) is 13.3. The molecule has 2 aromatic rings. The van der Waals surface area contributed by atoms with E-state index < -0.39 is 14.9 Å². The zero-order valence-corrected chi connectivity index (χ0v) is 17.6. The number of nitrogens with zero attached hydrogens (tertiary/aromatic N) is 3. The van der Waals surface area contributed by atoms with Crippen molar-refractivity contribution in [2.24, 2.45) is 0 Å². The molecule has 3 rings (SSSR count). The van der Waals surface area contributed by atoms with Gasteiger partial charge in [0, 0.05) is 24.0 Å². The maximum absolute atomic E-state index is 12.9. The van der Waals surface area contributed by atoms with Crippen LogP contribution in [0.2, 0.25) is 0 Å². The van der Waals surface area contributed by atoms with Crippen molar-refractivity contribution in [1.29, 1.82) is 0 Å². The van der Waals surface area contributed by atoms with E-state index in [1.807, 2.05) is 13.8 Å². The quantitative estimate of drug-likeness (QED) is 0.558. The van der Waals surface area contributed by atoms with Gasteiger partial charge in [-0.15, -0.1) is 11.3 Å². The van der Waals surface area contributed by atoms with Crippen LogP contribution >= 0.6 is 11.3 Å². The summed E-state index contributed by atoms with van der Waals surface area (Å²) in [5, 5.41) is 15.4. The summed E-state index contributed by atoms with van der Waals surface area (Å²) in [4.78, 5) is 16.5. The lowest BCUT2D eigenvalue weighted by molar-refractivity contribution is -0.384. The van der Waals surface area contributed by atoms with E-state index in [1.54, 1.807) is 0 Å². The molecule has 28 heavy (non-hydrogen) atoms. The van der Waals surface area contributed by atoms with Gasteiger partial charge in [0.1, 0.15) is 10.7 Å². The fourth-order valence-corrected chi connectivity index (χ4v) is 5.60. The number of aryl methyl sites for hydroxylation is 2. The highest BCUT2D eigenvalue weighted by Crippen LogP contribution is 2.30. The first kappa shape index (κ1) is 20.7. The SMILES string of the molecule is Cc1nc(CNc2ccc(S(=O)(=O)N3CCCCCC3)cc2[N+](=O)[O-])sc1C. The van der Waals surface area contributed by atoms with E-state index in [-0.39, 0.29) is 16.3 Å². The number of nitrogens with one attached hydrogen (secondary N) is 1. The van der Waals surface area contributed by atoms with Crippen molar-refractivity contribution in [2.75, 3.05) is 18.4 Å². The summed E-state index contributed by atoms with van der Waals surface area (Å²) in [6.07, 6.45) is 3.64. The van der Waals surface area contributed by atoms with Crippen LogP contribution in [0.4, 0.5) is 11.4 Å². The van der Waals surface area contributed by atoms with E-state index in [0.717, 1.165) is 47.3 Å². The van der Waals surface area contributed by atoms with E-state index in [4.69, 9.17) is 0 Å². The molecular formula is C18H24N4O4S2. The van der Waals surface area contributed by atoms with Crippen LogP contribution < -0.4 is 5.32 Å². The Morgan fingerprint density at radius 2 is 1.89 bits per heavy atom. The van der Waals surface area contributed by atoms with Crippen LogP contribution in [0, 0.1) is 24.0 Å². The Bertz CT molecular complexity index is 944. The number of aromatic nitrogens is 1. The largest absolute Gasteiger partial charge is 0.373 e. The molecule has 0 aliphatic carbocycles.